The van der Waals surface area contributed by atoms with Crippen LogP contribution in [-0.4, -0.2) is 9.97 Å². The number of benzene rings is 1. The van der Waals surface area contributed by atoms with Crippen LogP contribution in [0.3, 0.4) is 0 Å². The highest BCUT2D eigenvalue weighted by atomic mass is 16.1. The third-order valence-electron chi connectivity index (χ3n) is 8.00. The molecule has 4 fully saturated rings. The topological polar surface area (TPSA) is 69.5 Å². The number of hydrogen-bond acceptors (Lipinski definition) is 3. The minimum atomic E-state index is 0.00713. The Morgan fingerprint density at radius 3 is 2.28 bits per heavy atom. The van der Waals surface area contributed by atoms with E-state index in [2.05, 4.69) is 18.0 Å². The summed E-state index contributed by atoms with van der Waals surface area (Å²) in [4.78, 5) is 21.5. The Kier molecular flexibility index (Phi) is 3.51. The molecule has 0 spiro atoms. The molecule has 4 bridgehead atoms. The molecule has 0 aliphatic heterocycles. The summed E-state index contributed by atoms with van der Waals surface area (Å²) in [6.07, 6.45) is 9.69. The van der Waals surface area contributed by atoms with Crippen LogP contribution in [0.1, 0.15) is 79.6 Å². The van der Waals surface area contributed by atoms with E-state index >= 15 is 0 Å². The first-order valence-electron chi connectivity index (χ1n) is 10.9. The second-order valence-corrected chi connectivity index (χ2v) is 9.97. The number of nitrogens with zero attached hydrogens (tertiary/aromatic N) is 2. The number of rotatable bonds is 2. The van der Waals surface area contributed by atoms with Gasteiger partial charge in [0.1, 0.15) is 5.82 Å². The average molecular weight is 383 g/mol. The molecule has 1 aromatic heterocycles. The van der Waals surface area contributed by atoms with Crippen LogP contribution in [0.5, 0.6) is 0 Å². The molecule has 1 N–H and O–H groups in total. The molecule has 146 valence electrons. The maximum Gasteiger partial charge on any atom is 0.258 e. The molecular weight excluding hydrogens is 358 g/mol. The summed E-state index contributed by atoms with van der Waals surface area (Å²) in [7, 11) is 0. The minimum absolute atomic E-state index is 0.00713. The van der Waals surface area contributed by atoms with Gasteiger partial charge in [0, 0.05) is 11.3 Å². The SMILES string of the molecule is CC1=Cc2c(nc(C34CC5CC(CC(C5)C3)C4)[nH]c2=O)C1c1ccc(C#N)cc1. The predicted molar refractivity (Wildman–Crippen MR) is 111 cm³/mol. The van der Waals surface area contributed by atoms with Gasteiger partial charge in [-0.25, -0.2) is 4.98 Å². The highest BCUT2D eigenvalue weighted by molar-refractivity contribution is 5.66. The van der Waals surface area contributed by atoms with Gasteiger partial charge in [0.2, 0.25) is 0 Å². The third kappa shape index (κ3) is 2.50. The molecule has 1 unspecified atom stereocenters. The van der Waals surface area contributed by atoms with Crippen molar-refractivity contribution in [1.29, 1.82) is 5.26 Å². The van der Waals surface area contributed by atoms with E-state index in [1.165, 1.54) is 38.5 Å². The largest absolute Gasteiger partial charge is 0.310 e. The number of fused-ring (bicyclic) bond motifs is 1. The van der Waals surface area contributed by atoms with Crippen LogP contribution in [0.25, 0.3) is 6.08 Å². The Bertz CT molecular complexity index is 1100. The van der Waals surface area contributed by atoms with Crippen molar-refractivity contribution in [2.45, 2.75) is 56.8 Å². The van der Waals surface area contributed by atoms with Gasteiger partial charge in [-0.3, -0.25) is 4.79 Å². The molecule has 5 aliphatic carbocycles. The smallest absolute Gasteiger partial charge is 0.258 e. The number of aromatic amines is 1. The molecule has 1 heterocycles. The fourth-order valence-corrected chi connectivity index (χ4v) is 7.21. The first-order chi connectivity index (χ1) is 14.0. The highest BCUT2D eigenvalue weighted by Gasteiger charge is 2.53. The Morgan fingerprint density at radius 2 is 1.69 bits per heavy atom. The Hall–Kier alpha value is -2.67. The van der Waals surface area contributed by atoms with Crippen molar-refractivity contribution >= 4 is 6.08 Å². The van der Waals surface area contributed by atoms with Crippen molar-refractivity contribution in [3.63, 3.8) is 0 Å². The van der Waals surface area contributed by atoms with Crippen LogP contribution >= 0.6 is 0 Å². The number of allylic oxidation sites excluding steroid dienone is 1. The van der Waals surface area contributed by atoms with Gasteiger partial charge in [-0.15, -0.1) is 0 Å². The number of nitrogens with one attached hydrogen (secondary N) is 1. The zero-order valence-electron chi connectivity index (χ0n) is 16.7. The lowest BCUT2D eigenvalue weighted by molar-refractivity contribution is -0.00961. The maximum absolute atomic E-state index is 13.1. The van der Waals surface area contributed by atoms with Crippen LogP contribution in [0.15, 0.2) is 34.6 Å². The lowest BCUT2D eigenvalue weighted by Gasteiger charge is -2.56. The van der Waals surface area contributed by atoms with Crippen LogP contribution in [-0.2, 0) is 5.41 Å². The van der Waals surface area contributed by atoms with Crippen LogP contribution in [0.2, 0.25) is 0 Å². The molecule has 29 heavy (non-hydrogen) atoms. The summed E-state index contributed by atoms with van der Waals surface area (Å²) in [5.41, 5.74) is 4.61. The number of H-pyrrole nitrogens is 1. The molecule has 4 heteroatoms. The summed E-state index contributed by atoms with van der Waals surface area (Å²) >= 11 is 0. The minimum Gasteiger partial charge on any atom is -0.310 e. The van der Waals surface area contributed by atoms with E-state index in [0.29, 0.717) is 11.1 Å². The number of nitriles is 1. The van der Waals surface area contributed by atoms with Crippen molar-refractivity contribution in [2.75, 3.05) is 0 Å². The van der Waals surface area contributed by atoms with Crippen molar-refractivity contribution < 1.29 is 0 Å². The summed E-state index contributed by atoms with van der Waals surface area (Å²) in [6, 6.07) is 9.90. The van der Waals surface area contributed by atoms with Gasteiger partial charge in [0.15, 0.2) is 0 Å². The molecule has 7 rings (SSSR count). The third-order valence-corrected chi connectivity index (χ3v) is 8.00. The number of hydrogen-bond donors (Lipinski definition) is 1. The molecule has 4 saturated carbocycles. The van der Waals surface area contributed by atoms with Gasteiger partial charge in [0.05, 0.1) is 22.9 Å². The van der Waals surface area contributed by atoms with Crippen LogP contribution < -0.4 is 5.56 Å². The molecule has 4 nitrogen and oxygen atoms in total. The summed E-state index contributed by atoms with van der Waals surface area (Å²) in [6.45, 7) is 2.08. The molecule has 1 atom stereocenters. The summed E-state index contributed by atoms with van der Waals surface area (Å²) in [5, 5.41) is 9.11. The predicted octanol–water partition coefficient (Wildman–Crippen LogP) is 4.66. The van der Waals surface area contributed by atoms with Crippen molar-refractivity contribution in [3.05, 3.63) is 68.4 Å². The van der Waals surface area contributed by atoms with Gasteiger partial charge in [0.25, 0.3) is 5.56 Å². The van der Waals surface area contributed by atoms with Crippen molar-refractivity contribution in [2.24, 2.45) is 17.8 Å². The maximum atomic E-state index is 13.1. The fraction of sp³-hybridized carbons (Fsp3) is 0.480. The second kappa shape index (κ2) is 5.92. The molecule has 5 aliphatic rings. The van der Waals surface area contributed by atoms with E-state index in [1.54, 1.807) is 0 Å². The Morgan fingerprint density at radius 1 is 1.07 bits per heavy atom. The molecular formula is C25H25N3O. The van der Waals surface area contributed by atoms with E-state index in [-0.39, 0.29) is 16.9 Å². The molecule has 2 aromatic rings. The van der Waals surface area contributed by atoms with Crippen molar-refractivity contribution in [3.8, 4) is 6.07 Å². The molecule has 0 saturated heterocycles. The van der Waals surface area contributed by atoms with E-state index in [0.717, 1.165) is 40.4 Å². The van der Waals surface area contributed by atoms with E-state index in [9.17, 15) is 4.79 Å². The summed E-state index contributed by atoms with van der Waals surface area (Å²) in [5.74, 6) is 3.40. The van der Waals surface area contributed by atoms with Gasteiger partial charge < -0.3 is 4.98 Å². The van der Waals surface area contributed by atoms with Crippen molar-refractivity contribution in [1.82, 2.24) is 9.97 Å². The normalized spacial score (nSPS) is 34.0. The molecule has 0 amide bonds. The lowest BCUT2D eigenvalue weighted by atomic mass is 9.49. The highest BCUT2D eigenvalue weighted by Crippen LogP contribution is 2.60. The lowest BCUT2D eigenvalue weighted by Crippen LogP contribution is -2.50. The van der Waals surface area contributed by atoms with Gasteiger partial charge in [-0.1, -0.05) is 17.7 Å². The van der Waals surface area contributed by atoms with Gasteiger partial charge >= 0.3 is 0 Å². The Labute approximate surface area is 170 Å². The first kappa shape index (κ1) is 17.2. The second-order valence-electron chi connectivity index (χ2n) is 9.97. The van der Waals surface area contributed by atoms with Crippen LogP contribution in [0, 0.1) is 29.1 Å². The zero-order valence-corrected chi connectivity index (χ0v) is 16.7. The van der Waals surface area contributed by atoms with E-state index in [1.807, 2.05) is 30.3 Å². The molecule has 0 radical (unpaired) electrons. The average Bonchev–Trinajstić information content (AvgIpc) is 3.04. The van der Waals surface area contributed by atoms with Crippen LogP contribution in [0.4, 0.5) is 0 Å². The van der Waals surface area contributed by atoms with Gasteiger partial charge in [-0.2, -0.15) is 5.26 Å². The van der Waals surface area contributed by atoms with E-state index in [4.69, 9.17) is 10.2 Å². The fourth-order valence-electron chi connectivity index (χ4n) is 7.21. The van der Waals surface area contributed by atoms with Gasteiger partial charge in [-0.05, 0) is 87.0 Å². The molecule has 1 aromatic carbocycles. The van der Waals surface area contributed by atoms with E-state index < -0.39 is 0 Å². The zero-order chi connectivity index (χ0) is 19.8. The Balaban J connectivity index is 1.46. The monoisotopic (exact) mass is 383 g/mol. The number of aromatic nitrogens is 2. The first-order valence-corrected chi connectivity index (χ1v) is 10.9. The summed E-state index contributed by atoms with van der Waals surface area (Å²) < 4.78 is 0. The standard InChI is InChI=1S/C25H25N3O/c1-14-6-20-22(21(14)19-4-2-15(13-26)3-5-19)27-24(28-23(20)29)25-10-16-7-17(11-25)9-18(8-16)12-25/h2-6,16-18,21H,7-12H2,1H3,(H,27,28,29). The quantitative estimate of drug-likeness (QED) is 0.820.